The summed E-state index contributed by atoms with van der Waals surface area (Å²) >= 11 is 7.39. The Bertz CT molecular complexity index is 715. The molecule has 0 bridgehead atoms. The number of likely N-dealkylation sites (N-methyl/N-ethyl adjacent to an activating group) is 1. The van der Waals surface area contributed by atoms with Crippen LogP contribution in [-0.2, 0) is 22.6 Å². The summed E-state index contributed by atoms with van der Waals surface area (Å²) in [5.41, 5.74) is 0.927. The van der Waals surface area contributed by atoms with Crippen molar-refractivity contribution >= 4 is 34.8 Å². The van der Waals surface area contributed by atoms with E-state index in [4.69, 9.17) is 11.6 Å². The summed E-state index contributed by atoms with van der Waals surface area (Å²) < 4.78 is 0.701. The lowest BCUT2D eigenvalue weighted by Crippen LogP contribution is -2.50. The molecule has 1 N–H and O–H groups in total. The van der Waals surface area contributed by atoms with Crippen molar-refractivity contribution in [2.45, 2.75) is 32.9 Å². The number of nitrogens with one attached hydrogen (secondary N) is 1. The molecule has 6 heteroatoms. The van der Waals surface area contributed by atoms with Crippen LogP contribution in [0.5, 0.6) is 0 Å². The largest absolute Gasteiger partial charge is 0.344 e. The SMILES string of the molecule is CC(C)[C@@H](NC(=O)Cc1ccccc1)C(=O)N(C)Cc1ccc(Cl)s1. The van der Waals surface area contributed by atoms with Crippen LogP contribution in [0.1, 0.15) is 24.3 Å². The van der Waals surface area contributed by atoms with Gasteiger partial charge in [-0.15, -0.1) is 11.3 Å². The molecule has 0 radical (unpaired) electrons. The van der Waals surface area contributed by atoms with Gasteiger partial charge in [0.05, 0.1) is 17.3 Å². The van der Waals surface area contributed by atoms with E-state index in [0.717, 1.165) is 10.4 Å². The number of carbonyl (C=O) groups is 2. The second-order valence-corrected chi connectivity index (χ2v) is 8.15. The lowest BCUT2D eigenvalue weighted by molar-refractivity contribution is -0.136. The average Bonchev–Trinajstić information content (AvgIpc) is 2.97. The van der Waals surface area contributed by atoms with Crippen LogP contribution in [-0.4, -0.2) is 29.8 Å². The smallest absolute Gasteiger partial charge is 0.245 e. The Balaban J connectivity index is 1.98. The van der Waals surface area contributed by atoms with Gasteiger partial charge in [0.15, 0.2) is 0 Å². The molecule has 1 aromatic heterocycles. The van der Waals surface area contributed by atoms with E-state index in [1.807, 2.05) is 56.3 Å². The van der Waals surface area contributed by atoms with Crippen LogP contribution < -0.4 is 5.32 Å². The maximum atomic E-state index is 12.8. The fourth-order valence-corrected chi connectivity index (χ4v) is 3.65. The van der Waals surface area contributed by atoms with Crippen molar-refractivity contribution in [1.82, 2.24) is 10.2 Å². The van der Waals surface area contributed by atoms with Crippen LogP contribution in [0.25, 0.3) is 0 Å². The van der Waals surface area contributed by atoms with Gasteiger partial charge in [0, 0.05) is 11.9 Å². The molecule has 0 saturated heterocycles. The Labute approximate surface area is 157 Å². The monoisotopic (exact) mass is 378 g/mol. The minimum atomic E-state index is -0.545. The highest BCUT2D eigenvalue weighted by Gasteiger charge is 2.27. The van der Waals surface area contributed by atoms with E-state index >= 15 is 0 Å². The van der Waals surface area contributed by atoms with Crippen molar-refractivity contribution in [2.24, 2.45) is 5.92 Å². The number of benzene rings is 1. The highest BCUT2D eigenvalue weighted by Crippen LogP contribution is 2.22. The van der Waals surface area contributed by atoms with E-state index < -0.39 is 6.04 Å². The summed E-state index contributed by atoms with van der Waals surface area (Å²) in [6.45, 7) is 4.34. The van der Waals surface area contributed by atoms with Gasteiger partial charge in [-0.05, 0) is 23.6 Å². The minimum Gasteiger partial charge on any atom is -0.344 e. The molecule has 0 saturated carbocycles. The molecule has 4 nitrogen and oxygen atoms in total. The molecule has 1 heterocycles. The summed E-state index contributed by atoms with van der Waals surface area (Å²) in [5, 5.41) is 2.88. The highest BCUT2D eigenvalue weighted by molar-refractivity contribution is 7.16. The highest BCUT2D eigenvalue weighted by atomic mass is 35.5. The van der Waals surface area contributed by atoms with Gasteiger partial charge >= 0.3 is 0 Å². The minimum absolute atomic E-state index is 0.00148. The summed E-state index contributed by atoms with van der Waals surface area (Å²) in [7, 11) is 1.74. The van der Waals surface area contributed by atoms with Gasteiger partial charge in [0.2, 0.25) is 11.8 Å². The van der Waals surface area contributed by atoms with E-state index in [9.17, 15) is 9.59 Å². The Hall–Kier alpha value is -1.85. The van der Waals surface area contributed by atoms with E-state index in [0.29, 0.717) is 10.9 Å². The van der Waals surface area contributed by atoms with Crippen molar-refractivity contribution in [3.63, 3.8) is 0 Å². The summed E-state index contributed by atoms with van der Waals surface area (Å²) in [6.07, 6.45) is 0.265. The van der Waals surface area contributed by atoms with Crippen LogP contribution in [0.2, 0.25) is 4.34 Å². The van der Waals surface area contributed by atoms with Crippen LogP contribution in [0.3, 0.4) is 0 Å². The summed E-state index contributed by atoms with van der Waals surface area (Å²) in [4.78, 5) is 27.7. The van der Waals surface area contributed by atoms with Crippen LogP contribution in [0.15, 0.2) is 42.5 Å². The van der Waals surface area contributed by atoms with Crippen LogP contribution >= 0.6 is 22.9 Å². The molecule has 1 aromatic carbocycles. The standard InChI is InChI=1S/C19H23ClN2O2S/c1-13(2)18(21-17(23)11-14-7-5-4-6-8-14)19(24)22(3)12-15-9-10-16(20)25-15/h4-10,13,18H,11-12H2,1-3H3,(H,21,23)/t18-/m1/s1. The molecule has 2 aromatic rings. The number of hydrogen-bond donors (Lipinski definition) is 1. The second kappa shape index (κ2) is 9.02. The van der Waals surface area contributed by atoms with Crippen molar-refractivity contribution in [2.75, 3.05) is 7.05 Å². The number of carbonyl (C=O) groups excluding carboxylic acids is 2. The molecule has 1 atom stereocenters. The first-order chi connectivity index (χ1) is 11.9. The maximum Gasteiger partial charge on any atom is 0.245 e. The molecule has 0 aliphatic rings. The van der Waals surface area contributed by atoms with E-state index in [-0.39, 0.29) is 24.2 Å². The number of thiophene rings is 1. The molecular weight excluding hydrogens is 356 g/mol. The number of amides is 2. The zero-order valence-electron chi connectivity index (χ0n) is 14.7. The molecule has 2 rings (SSSR count). The van der Waals surface area contributed by atoms with Crippen LogP contribution in [0, 0.1) is 5.92 Å². The van der Waals surface area contributed by atoms with Gasteiger partial charge in [-0.1, -0.05) is 55.8 Å². The summed E-state index contributed by atoms with van der Waals surface area (Å²) in [6, 6.07) is 12.7. The first-order valence-electron chi connectivity index (χ1n) is 8.19. The van der Waals surface area contributed by atoms with Gasteiger partial charge in [0.25, 0.3) is 0 Å². The van der Waals surface area contributed by atoms with E-state index in [1.165, 1.54) is 11.3 Å². The predicted octanol–water partition coefficient (Wildman–Crippen LogP) is 3.74. The van der Waals surface area contributed by atoms with Gasteiger partial charge in [-0.2, -0.15) is 0 Å². The molecule has 0 unspecified atom stereocenters. The fraction of sp³-hybridized carbons (Fsp3) is 0.368. The Morgan fingerprint density at radius 2 is 1.84 bits per heavy atom. The molecule has 134 valence electrons. The van der Waals surface area contributed by atoms with E-state index in [1.54, 1.807) is 11.9 Å². The lowest BCUT2D eigenvalue weighted by Gasteiger charge is -2.27. The first-order valence-corrected chi connectivity index (χ1v) is 9.38. The van der Waals surface area contributed by atoms with E-state index in [2.05, 4.69) is 5.32 Å². The van der Waals surface area contributed by atoms with Crippen molar-refractivity contribution in [3.05, 3.63) is 57.2 Å². The maximum absolute atomic E-state index is 12.8. The quantitative estimate of drug-likeness (QED) is 0.797. The van der Waals surface area contributed by atoms with Gasteiger partial charge in [-0.25, -0.2) is 0 Å². The zero-order valence-corrected chi connectivity index (χ0v) is 16.2. The van der Waals surface area contributed by atoms with Crippen LogP contribution in [0.4, 0.5) is 0 Å². The lowest BCUT2D eigenvalue weighted by atomic mass is 10.0. The van der Waals surface area contributed by atoms with Crippen molar-refractivity contribution in [3.8, 4) is 0 Å². The Morgan fingerprint density at radius 1 is 1.16 bits per heavy atom. The number of rotatable bonds is 7. The molecule has 2 amide bonds. The number of hydrogen-bond acceptors (Lipinski definition) is 3. The third kappa shape index (κ3) is 5.87. The van der Waals surface area contributed by atoms with Gasteiger partial charge in [0.1, 0.15) is 6.04 Å². The predicted molar refractivity (Wildman–Crippen MR) is 103 cm³/mol. The average molecular weight is 379 g/mol. The molecule has 0 fully saturated rings. The first kappa shape index (κ1) is 19.5. The molecular formula is C19H23ClN2O2S. The third-order valence-corrected chi connectivity index (χ3v) is 5.07. The fourth-order valence-electron chi connectivity index (χ4n) is 2.51. The number of halogens is 1. The third-order valence-electron chi connectivity index (χ3n) is 3.85. The van der Waals surface area contributed by atoms with Crippen molar-refractivity contribution < 1.29 is 9.59 Å². The number of nitrogens with zero attached hydrogens (tertiary/aromatic N) is 1. The normalized spacial score (nSPS) is 12.0. The summed E-state index contributed by atoms with van der Waals surface area (Å²) in [5.74, 6) is -0.242. The van der Waals surface area contributed by atoms with Gasteiger partial charge < -0.3 is 10.2 Å². The molecule has 25 heavy (non-hydrogen) atoms. The zero-order chi connectivity index (χ0) is 18.4. The topological polar surface area (TPSA) is 49.4 Å². The molecule has 0 aliphatic heterocycles. The Kier molecular flexibility index (Phi) is 7.02. The van der Waals surface area contributed by atoms with Gasteiger partial charge in [-0.3, -0.25) is 9.59 Å². The Morgan fingerprint density at radius 3 is 2.40 bits per heavy atom. The molecule has 0 aliphatic carbocycles. The van der Waals surface area contributed by atoms with Crippen molar-refractivity contribution in [1.29, 1.82) is 0 Å². The second-order valence-electron chi connectivity index (χ2n) is 6.35. The molecule has 0 spiro atoms.